The first-order valence-electron chi connectivity index (χ1n) is 7.11. The van der Waals surface area contributed by atoms with Crippen LogP contribution >= 0.6 is 23.1 Å². The van der Waals surface area contributed by atoms with Crippen LogP contribution in [0.25, 0.3) is 10.8 Å². The Balaban J connectivity index is 1.64. The molecule has 0 radical (unpaired) electrons. The van der Waals surface area contributed by atoms with E-state index in [1.54, 1.807) is 6.92 Å². The molecular formula is C14H17N3O4S2. The minimum Gasteiger partial charge on any atom is -0.466 e. The van der Waals surface area contributed by atoms with Gasteiger partial charge in [-0.25, -0.2) is 0 Å². The number of amides is 1. The van der Waals surface area contributed by atoms with Crippen molar-refractivity contribution >= 4 is 35.0 Å². The van der Waals surface area contributed by atoms with Gasteiger partial charge < -0.3 is 14.5 Å². The summed E-state index contributed by atoms with van der Waals surface area (Å²) in [6.45, 7) is 2.57. The van der Waals surface area contributed by atoms with Crippen molar-refractivity contribution in [1.29, 1.82) is 0 Å². The average molecular weight is 355 g/mol. The molecule has 2 aromatic rings. The lowest BCUT2D eigenvalue weighted by molar-refractivity contribution is -0.143. The molecule has 0 bridgehead atoms. The average Bonchev–Trinajstić information content (AvgIpc) is 3.20. The van der Waals surface area contributed by atoms with Gasteiger partial charge in [-0.15, -0.1) is 21.5 Å². The fraction of sp³-hybridized carbons (Fsp3) is 0.429. The minimum absolute atomic E-state index is 0.144. The Labute approximate surface area is 141 Å². The molecule has 0 spiro atoms. The number of hydrogen-bond acceptors (Lipinski definition) is 8. The number of esters is 1. The highest BCUT2D eigenvalue weighted by atomic mass is 32.2. The maximum atomic E-state index is 11.7. The zero-order valence-electron chi connectivity index (χ0n) is 12.6. The largest absolute Gasteiger partial charge is 0.466 e. The number of nitrogens with zero attached hydrogens (tertiary/aromatic N) is 2. The van der Waals surface area contributed by atoms with Crippen molar-refractivity contribution in [3.05, 3.63) is 17.5 Å². The summed E-state index contributed by atoms with van der Waals surface area (Å²) in [7, 11) is 0. The lowest BCUT2D eigenvalue weighted by Crippen LogP contribution is -2.26. The van der Waals surface area contributed by atoms with Crippen LogP contribution in [-0.2, 0) is 14.3 Å². The lowest BCUT2D eigenvalue weighted by Gasteiger charge is -2.04. The summed E-state index contributed by atoms with van der Waals surface area (Å²) in [5.74, 6) is 0.251. The van der Waals surface area contributed by atoms with Crippen molar-refractivity contribution in [3.8, 4) is 10.8 Å². The predicted octanol–water partition coefficient (Wildman–Crippen LogP) is 2.35. The molecule has 2 aromatic heterocycles. The third-order valence-corrected chi connectivity index (χ3v) is 4.33. The number of aromatic nitrogens is 2. The summed E-state index contributed by atoms with van der Waals surface area (Å²) in [6.07, 6.45) is 0.855. The van der Waals surface area contributed by atoms with Gasteiger partial charge in [-0.3, -0.25) is 9.59 Å². The molecule has 0 fully saturated rings. The second-order valence-electron chi connectivity index (χ2n) is 4.40. The molecule has 23 heavy (non-hydrogen) atoms. The van der Waals surface area contributed by atoms with Crippen LogP contribution in [0.1, 0.15) is 19.8 Å². The van der Waals surface area contributed by atoms with Crippen LogP contribution in [0.15, 0.2) is 27.2 Å². The summed E-state index contributed by atoms with van der Waals surface area (Å²) >= 11 is 2.69. The predicted molar refractivity (Wildman–Crippen MR) is 87.2 cm³/mol. The summed E-state index contributed by atoms with van der Waals surface area (Å²) in [5, 5.41) is 12.8. The van der Waals surface area contributed by atoms with E-state index in [0.29, 0.717) is 37.1 Å². The van der Waals surface area contributed by atoms with Gasteiger partial charge in [0.1, 0.15) is 0 Å². The molecule has 9 heteroatoms. The zero-order valence-corrected chi connectivity index (χ0v) is 14.2. The molecule has 124 valence electrons. The molecule has 2 heterocycles. The third kappa shape index (κ3) is 6.03. The van der Waals surface area contributed by atoms with E-state index in [1.165, 1.54) is 23.1 Å². The molecule has 1 N–H and O–H groups in total. The lowest BCUT2D eigenvalue weighted by atomic mass is 10.3. The highest BCUT2D eigenvalue weighted by Crippen LogP contribution is 2.26. The van der Waals surface area contributed by atoms with Gasteiger partial charge in [0.15, 0.2) is 0 Å². The standard InChI is InChI=1S/C14H17N3O4S2/c1-2-20-12(19)6-3-7-15-11(18)9-23-14-17-16-13(21-14)10-5-4-8-22-10/h4-5,8H,2-3,6-7,9H2,1H3,(H,15,18). The zero-order chi connectivity index (χ0) is 16.5. The van der Waals surface area contributed by atoms with Gasteiger partial charge in [-0.1, -0.05) is 17.8 Å². The van der Waals surface area contributed by atoms with Crippen molar-refractivity contribution in [2.75, 3.05) is 18.9 Å². The van der Waals surface area contributed by atoms with Crippen LogP contribution in [0.5, 0.6) is 0 Å². The number of thiophene rings is 1. The molecule has 0 aliphatic heterocycles. The minimum atomic E-state index is -0.247. The molecule has 7 nitrogen and oxygen atoms in total. The van der Waals surface area contributed by atoms with E-state index in [9.17, 15) is 9.59 Å². The molecule has 0 aliphatic carbocycles. The van der Waals surface area contributed by atoms with Gasteiger partial charge in [0, 0.05) is 13.0 Å². The maximum Gasteiger partial charge on any atom is 0.305 e. The van der Waals surface area contributed by atoms with E-state index in [0.717, 1.165) is 4.88 Å². The van der Waals surface area contributed by atoms with Gasteiger partial charge >= 0.3 is 5.97 Å². The van der Waals surface area contributed by atoms with Crippen molar-refractivity contribution in [2.45, 2.75) is 25.0 Å². The third-order valence-electron chi connectivity index (χ3n) is 2.65. The Morgan fingerprint density at radius 1 is 1.43 bits per heavy atom. The second kappa shape index (κ2) is 9.31. The Kier molecular flexibility index (Phi) is 7.08. The van der Waals surface area contributed by atoms with Crippen molar-refractivity contribution in [2.24, 2.45) is 0 Å². The van der Waals surface area contributed by atoms with Crippen LogP contribution in [0.2, 0.25) is 0 Å². The van der Waals surface area contributed by atoms with Gasteiger partial charge in [0.2, 0.25) is 5.91 Å². The van der Waals surface area contributed by atoms with Crippen LogP contribution < -0.4 is 5.32 Å². The van der Waals surface area contributed by atoms with E-state index in [-0.39, 0.29) is 17.6 Å². The molecule has 0 saturated heterocycles. The number of nitrogens with one attached hydrogen (secondary N) is 1. The molecule has 0 atom stereocenters. The van der Waals surface area contributed by atoms with Gasteiger partial charge in [-0.2, -0.15) is 0 Å². The summed E-state index contributed by atoms with van der Waals surface area (Å²) < 4.78 is 10.3. The molecular weight excluding hydrogens is 338 g/mol. The Bertz CT molecular complexity index is 628. The second-order valence-corrected chi connectivity index (χ2v) is 6.27. The van der Waals surface area contributed by atoms with Crippen LogP contribution in [0.3, 0.4) is 0 Å². The topological polar surface area (TPSA) is 94.3 Å². The number of rotatable bonds is 9. The van der Waals surface area contributed by atoms with Gasteiger partial charge in [0.05, 0.1) is 17.2 Å². The fourth-order valence-electron chi connectivity index (χ4n) is 1.64. The Morgan fingerprint density at radius 3 is 3.04 bits per heavy atom. The van der Waals surface area contributed by atoms with E-state index < -0.39 is 0 Å². The van der Waals surface area contributed by atoms with E-state index in [1.807, 2.05) is 17.5 Å². The molecule has 0 saturated carbocycles. The van der Waals surface area contributed by atoms with Crippen LogP contribution in [0, 0.1) is 0 Å². The summed E-state index contributed by atoms with van der Waals surface area (Å²) in [5.41, 5.74) is 0. The van der Waals surface area contributed by atoms with Crippen LogP contribution in [0.4, 0.5) is 0 Å². The van der Waals surface area contributed by atoms with Crippen LogP contribution in [-0.4, -0.2) is 41.0 Å². The van der Waals surface area contributed by atoms with Crippen molar-refractivity contribution in [3.63, 3.8) is 0 Å². The van der Waals surface area contributed by atoms with E-state index >= 15 is 0 Å². The molecule has 0 unspecified atom stereocenters. The number of hydrogen-bond donors (Lipinski definition) is 1. The van der Waals surface area contributed by atoms with Crippen molar-refractivity contribution in [1.82, 2.24) is 15.5 Å². The first kappa shape index (κ1) is 17.5. The summed E-state index contributed by atoms with van der Waals surface area (Å²) in [6, 6.07) is 3.80. The number of carbonyl (C=O) groups excluding carboxylic acids is 2. The fourth-order valence-corrected chi connectivity index (χ4v) is 2.88. The molecule has 0 aromatic carbocycles. The molecule has 1 amide bonds. The number of ether oxygens (including phenoxy) is 1. The normalized spacial score (nSPS) is 10.5. The highest BCUT2D eigenvalue weighted by Gasteiger charge is 2.11. The Hall–Kier alpha value is -1.87. The molecule has 2 rings (SSSR count). The quantitative estimate of drug-likeness (QED) is 0.419. The summed E-state index contributed by atoms with van der Waals surface area (Å²) in [4.78, 5) is 23.7. The maximum absolute atomic E-state index is 11.7. The number of thioether (sulfide) groups is 1. The van der Waals surface area contributed by atoms with Gasteiger partial charge in [-0.05, 0) is 24.8 Å². The van der Waals surface area contributed by atoms with Gasteiger partial charge in [0.25, 0.3) is 11.1 Å². The highest BCUT2D eigenvalue weighted by molar-refractivity contribution is 7.99. The first-order valence-corrected chi connectivity index (χ1v) is 8.98. The van der Waals surface area contributed by atoms with E-state index in [4.69, 9.17) is 9.15 Å². The first-order chi connectivity index (χ1) is 11.2. The monoisotopic (exact) mass is 355 g/mol. The Morgan fingerprint density at radius 2 is 2.30 bits per heavy atom. The van der Waals surface area contributed by atoms with E-state index in [2.05, 4.69) is 15.5 Å². The number of carbonyl (C=O) groups is 2. The van der Waals surface area contributed by atoms with Crippen molar-refractivity contribution < 1.29 is 18.7 Å². The smallest absolute Gasteiger partial charge is 0.305 e. The molecule has 0 aliphatic rings. The SMILES string of the molecule is CCOC(=O)CCCNC(=O)CSc1nnc(-c2cccs2)o1.